The molecule has 0 fully saturated rings. The van der Waals surface area contributed by atoms with E-state index < -0.39 is 0 Å². The van der Waals surface area contributed by atoms with Gasteiger partial charge in [-0.3, -0.25) is 0 Å². The Labute approximate surface area is 171 Å². The van der Waals surface area contributed by atoms with Gasteiger partial charge in [-0.15, -0.1) is 0 Å². The molecular formula is C25H35N3. The third-order valence-corrected chi connectivity index (χ3v) is 4.40. The third kappa shape index (κ3) is 8.26. The van der Waals surface area contributed by atoms with Gasteiger partial charge < -0.3 is 10.6 Å². The lowest BCUT2D eigenvalue weighted by molar-refractivity contribution is 0.706. The fourth-order valence-corrected chi connectivity index (χ4v) is 2.67. The van der Waals surface area contributed by atoms with Gasteiger partial charge in [-0.1, -0.05) is 50.8 Å². The Morgan fingerprint density at radius 1 is 1.21 bits per heavy atom. The standard InChI is InChI=1S/C25H35N3/c1-8-10-16-26-22(6)21(5)25(12-9-2)20(4)15-17-27-23(7)28-24-14-11-13-19(3)18-24/h9,11-15,17-18,26H,2,4,8,10,16H2,1,3,5-7H3,(H,27,28)/b17-15-,22-21+,25-12-. The molecule has 3 nitrogen and oxygen atoms in total. The molecule has 0 aliphatic rings. The number of benzene rings is 1. The summed E-state index contributed by atoms with van der Waals surface area (Å²) in [6.07, 6.45) is 9.84. The van der Waals surface area contributed by atoms with Crippen molar-refractivity contribution in [2.75, 3.05) is 11.9 Å². The van der Waals surface area contributed by atoms with Gasteiger partial charge >= 0.3 is 0 Å². The maximum atomic E-state index is 4.48. The SMILES string of the molecule is C=C/C=C(C(=C)/C=C\N=C(C)Nc1cccc(C)c1)\C(C)=C(/C)NCCCC. The quantitative estimate of drug-likeness (QED) is 0.206. The van der Waals surface area contributed by atoms with Crippen molar-refractivity contribution in [3.8, 4) is 0 Å². The Morgan fingerprint density at radius 3 is 2.61 bits per heavy atom. The van der Waals surface area contributed by atoms with Crippen LogP contribution in [0.1, 0.15) is 46.1 Å². The van der Waals surface area contributed by atoms with Gasteiger partial charge in [0, 0.05) is 24.1 Å². The van der Waals surface area contributed by atoms with Crippen LogP contribution in [-0.4, -0.2) is 12.4 Å². The summed E-state index contributed by atoms with van der Waals surface area (Å²) in [5.74, 6) is 0.827. The second-order valence-electron chi connectivity index (χ2n) is 6.90. The fourth-order valence-electron chi connectivity index (χ4n) is 2.67. The van der Waals surface area contributed by atoms with Gasteiger partial charge in [-0.05, 0) is 74.6 Å². The van der Waals surface area contributed by atoms with Crippen LogP contribution in [-0.2, 0) is 0 Å². The Morgan fingerprint density at radius 2 is 1.96 bits per heavy atom. The first kappa shape index (κ1) is 23.2. The molecular weight excluding hydrogens is 342 g/mol. The third-order valence-electron chi connectivity index (χ3n) is 4.40. The molecule has 0 aromatic heterocycles. The predicted octanol–water partition coefficient (Wildman–Crippen LogP) is 6.69. The summed E-state index contributed by atoms with van der Waals surface area (Å²) in [5, 5.41) is 6.78. The van der Waals surface area contributed by atoms with Gasteiger partial charge in [0.25, 0.3) is 0 Å². The van der Waals surface area contributed by atoms with Crippen molar-refractivity contribution in [3.63, 3.8) is 0 Å². The highest BCUT2D eigenvalue weighted by Crippen LogP contribution is 2.21. The van der Waals surface area contributed by atoms with E-state index in [9.17, 15) is 0 Å². The van der Waals surface area contributed by atoms with Crippen LogP contribution in [0.2, 0.25) is 0 Å². The molecule has 28 heavy (non-hydrogen) atoms. The van der Waals surface area contributed by atoms with Gasteiger partial charge in [0.1, 0.15) is 5.84 Å². The number of amidine groups is 1. The van der Waals surface area contributed by atoms with Crippen molar-refractivity contribution in [1.82, 2.24) is 5.32 Å². The van der Waals surface area contributed by atoms with E-state index in [0.29, 0.717) is 0 Å². The van der Waals surface area contributed by atoms with Crippen LogP contribution in [0.15, 0.2) is 89.3 Å². The monoisotopic (exact) mass is 377 g/mol. The second kappa shape index (κ2) is 12.6. The first-order valence-electron chi connectivity index (χ1n) is 9.87. The van der Waals surface area contributed by atoms with Gasteiger partial charge in [0.15, 0.2) is 0 Å². The summed E-state index contributed by atoms with van der Waals surface area (Å²) < 4.78 is 0. The summed E-state index contributed by atoms with van der Waals surface area (Å²) in [6.45, 7) is 19.5. The molecule has 0 heterocycles. The highest BCUT2D eigenvalue weighted by Gasteiger charge is 2.05. The number of nitrogens with one attached hydrogen (secondary N) is 2. The minimum Gasteiger partial charge on any atom is -0.388 e. The fraction of sp³-hybridized carbons (Fsp3) is 0.320. The summed E-state index contributed by atoms with van der Waals surface area (Å²) in [5.41, 5.74) is 6.55. The molecule has 1 aromatic rings. The lowest BCUT2D eigenvalue weighted by Gasteiger charge is -2.14. The lowest BCUT2D eigenvalue weighted by atomic mass is 9.98. The van der Waals surface area contributed by atoms with E-state index in [1.165, 1.54) is 17.6 Å². The first-order chi connectivity index (χ1) is 13.4. The van der Waals surface area contributed by atoms with E-state index in [1.807, 2.05) is 31.2 Å². The maximum absolute atomic E-state index is 4.48. The zero-order valence-corrected chi connectivity index (χ0v) is 18.1. The topological polar surface area (TPSA) is 36.4 Å². The number of aryl methyl sites for hydroxylation is 1. The average molecular weight is 378 g/mol. The molecule has 150 valence electrons. The number of hydrogen-bond acceptors (Lipinski definition) is 2. The molecule has 0 saturated heterocycles. The van der Waals surface area contributed by atoms with Crippen molar-refractivity contribution in [2.45, 2.75) is 47.5 Å². The summed E-state index contributed by atoms with van der Waals surface area (Å²) in [4.78, 5) is 4.48. The Bertz CT molecular complexity index is 792. The molecule has 0 aliphatic carbocycles. The average Bonchev–Trinajstić information content (AvgIpc) is 2.65. The van der Waals surface area contributed by atoms with E-state index in [-0.39, 0.29) is 0 Å². The number of aliphatic imine (C=N–C) groups is 1. The number of nitrogens with zero attached hydrogens (tertiary/aromatic N) is 1. The van der Waals surface area contributed by atoms with Gasteiger partial charge in [-0.25, -0.2) is 4.99 Å². The Hall–Kier alpha value is -2.81. The van der Waals surface area contributed by atoms with Crippen molar-refractivity contribution in [1.29, 1.82) is 0 Å². The predicted molar refractivity (Wildman–Crippen MR) is 126 cm³/mol. The zero-order chi connectivity index (χ0) is 20.9. The Kier molecular flexibility index (Phi) is 10.4. The second-order valence-corrected chi connectivity index (χ2v) is 6.90. The van der Waals surface area contributed by atoms with Crippen LogP contribution in [0, 0.1) is 6.92 Å². The molecule has 3 heteroatoms. The van der Waals surface area contributed by atoms with Gasteiger partial charge in [0.05, 0.1) is 0 Å². The van der Waals surface area contributed by atoms with E-state index in [2.05, 4.69) is 68.6 Å². The summed E-state index contributed by atoms with van der Waals surface area (Å²) in [6, 6.07) is 8.22. The number of rotatable bonds is 10. The van der Waals surface area contributed by atoms with E-state index in [4.69, 9.17) is 0 Å². The molecule has 2 N–H and O–H groups in total. The number of unbranched alkanes of at least 4 members (excludes halogenated alkanes) is 1. The van der Waals surface area contributed by atoms with E-state index in [0.717, 1.165) is 41.3 Å². The van der Waals surface area contributed by atoms with Crippen molar-refractivity contribution in [2.24, 2.45) is 4.99 Å². The highest BCUT2D eigenvalue weighted by molar-refractivity contribution is 5.93. The minimum atomic E-state index is 0.827. The van der Waals surface area contributed by atoms with Crippen LogP contribution in [0.5, 0.6) is 0 Å². The number of hydrogen-bond donors (Lipinski definition) is 2. The molecule has 1 rings (SSSR count). The van der Waals surface area contributed by atoms with Crippen LogP contribution in [0.25, 0.3) is 0 Å². The molecule has 1 aromatic carbocycles. The normalized spacial score (nSPS) is 13.3. The lowest BCUT2D eigenvalue weighted by Crippen LogP contribution is -2.14. The molecule has 0 aliphatic heterocycles. The number of allylic oxidation sites excluding steroid dienone is 7. The van der Waals surface area contributed by atoms with Crippen LogP contribution < -0.4 is 10.6 Å². The first-order valence-corrected chi connectivity index (χ1v) is 9.87. The molecule has 0 unspecified atom stereocenters. The molecule has 0 saturated carbocycles. The van der Waals surface area contributed by atoms with E-state index in [1.54, 1.807) is 12.3 Å². The summed E-state index contributed by atoms with van der Waals surface area (Å²) >= 11 is 0. The van der Waals surface area contributed by atoms with Crippen molar-refractivity contribution < 1.29 is 0 Å². The smallest absolute Gasteiger partial charge is 0.103 e. The minimum absolute atomic E-state index is 0.827. The molecule has 0 atom stereocenters. The van der Waals surface area contributed by atoms with Crippen molar-refractivity contribution >= 4 is 11.5 Å². The molecule has 0 bridgehead atoms. The maximum Gasteiger partial charge on any atom is 0.103 e. The van der Waals surface area contributed by atoms with Gasteiger partial charge in [-0.2, -0.15) is 0 Å². The van der Waals surface area contributed by atoms with E-state index >= 15 is 0 Å². The number of anilines is 1. The molecule has 0 amide bonds. The molecule has 0 radical (unpaired) electrons. The van der Waals surface area contributed by atoms with Gasteiger partial charge in [0.2, 0.25) is 0 Å². The Balaban J connectivity index is 2.83. The molecule has 0 spiro atoms. The van der Waals surface area contributed by atoms with Crippen LogP contribution in [0.4, 0.5) is 5.69 Å². The zero-order valence-electron chi connectivity index (χ0n) is 18.1. The van der Waals surface area contributed by atoms with Crippen molar-refractivity contribution in [3.05, 3.63) is 89.8 Å². The summed E-state index contributed by atoms with van der Waals surface area (Å²) in [7, 11) is 0. The largest absolute Gasteiger partial charge is 0.388 e. The van der Waals surface area contributed by atoms with Crippen LogP contribution in [0.3, 0.4) is 0 Å². The van der Waals surface area contributed by atoms with Crippen LogP contribution >= 0.6 is 0 Å². The highest BCUT2D eigenvalue weighted by atomic mass is 15.0.